The van der Waals surface area contributed by atoms with Crippen LogP contribution in [0.2, 0.25) is 5.02 Å². The molecule has 9 heteroatoms. The summed E-state index contributed by atoms with van der Waals surface area (Å²) in [5.74, 6) is -0.671. The first-order valence-corrected chi connectivity index (χ1v) is 14.2. The molecule has 2 aromatic rings. The van der Waals surface area contributed by atoms with Crippen molar-refractivity contribution in [1.82, 2.24) is 10.2 Å². The molecule has 0 bridgehead atoms. The first-order chi connectivity index (χ1) is 16.6. The third-order valence-corrected chi connectivity index (χ3v) is 7.42. The van der Waals surface area contributed by atoms with E-state index in [-0.39, 0.29) is 12.5 Å². The van der Waals surface area contributed by atoms with Crippen molar-refractivity contribution in [2.45, 2.75) is 52.5 Å². The van der Waals surface area contributed by atoms with E-state index in [9.17, 15) is 18.0 Å². The molecular formula is C26H36ClN3O4S. The zero-order valence-corrected chi connectivity index (χ0v) is 22.5. The highest BCUT2D eigenvalue weighted by Crippen LogP contribution is 2.28. The minimum atomic E-state index is -3.80. The lowest BCUT2D eigenvalue weighted by molar-refractivity contribution is -0.139. The number of nitrogens with one attached hydrogen (secondary N) is 1. The standard InChI is InChI=1S/C26H36ClN3O4S/c1-5-7-17-28-26(32)23(6-2)29(18-16-21-12-9-8-10-13-21)25(31)19-30(35(4,33)34)24-15-11-14-22(27)20(24)3/h8-15,23H,5-7,16-19H2,1-4H3,(H,28,32)/t23-/m0/s1. The molecule has 1 N–H and O–H groups in total. The molecule has 192 valence electrons. The number of halogens is 1. The van der Waals surface area contributed by atoms with Crippen LogP contribution in [-0.2, 0) is 26.0 Å². The molecule has 0 heterocycles. The average molecular weight is 522 g/mol. The Kier molecular flexibility index (Phi) is 11.0. The van der Waals surface area contributed by atoms with Crippen LogP contribution in [-0.4, -0.2) is 57.1 Å². The van der Waals surface area contributed by atoms with Gasteiger partial charge >= 0.3 is 0 Å². The van der Waals surface area contributed by atoms with E-state index < -0.39 is 28.5 Å². The Morgan fingerprint density at radius 1 is 1.06 bits per heavy atom. The van der Waals surface area contributed by atoms with Crippen LogP contribution < -0.4 is 9.62 Å². The molecule has 2 amide bonds. The Hall–Kier alpha value is -2.58. The van der Waals surface area contributed by atoms with E-state index in [1.807, 2.05) is 44.2 Å². The fourth-order valence-corrected chi connectivity index (χ4v) is 4.93. The van der Waals surface area contributed by atoms with Gasteiger partial charge in [0.1, 0.15) is 12.6 Å². The summed E-state index contributed by atoms with van der Waals surface area (Å²) in [5.41, 5.74) is 1.93. The summed E-state index contributed by atoms with van der Waals surface area (Å²) >= 11 is 6.23. The van der Waals surface area contributed by atoms with Crippen LogP contribution in [0, 0.1) is 6.92 Å². The molecule has 0 saturated heterocycles. The second kappa shape index (κ2) is 13.5. The molecule has 0 saturated carbocycles. The lowest BCUT2D eigenvalue weighted by Gasteiger charge is -2.33. The number of carbonyl (C=O) groups is 2. The molecule has 2 aromatic carbocycles. The number of rotatable bonds is 13. The van der Waals surface area contributed by atoms with Gasteiger partial charge in [0.25, 0.3) is 0 Å². The van der Waals surface area contributed by atoms with Gasteiger partial charge in [-0.15, -0.1) is 0 Å². The lowest BCUT2D eigenvalue weighted by Crippen LogP contribution is -2.53. The Balaban J connectivity index is 2.37. The van der Waals surface area contributed by atoms with Gasteiger partial charge in [-0.1, -0.05) is 68.3 Å². The van der Waals surface area contributed by atoms with Crippen molar-refractivity contribution in [1.29, 1.82) is 0 Å². The molecule has 0 aromatic heterocycles. The van der Waals surface area contributed by atoms with E-state index in [4.69, 9.17) is 11.6 Å². The summed E-state index contributed by atoms with van der Waals surface area (Å²) in [6.45, 7) is 5.99. The summed E-state index contributed by atoms with van der Waals surface area (Å²) in [6.07, 6.45) is 3.80. The second-order valence-corrected chi connectivity index (χ2v) is 10.9. The average Bonchev–Trinajstić information content (AvgIpc) is 2.82. The van der Waals surface area contributed by atoms with Crippen LogP contribution in [0.5, 0.6) is 0 Å². The summed E-state index contributed by atoms with van der Waals surface area (Å²) < 4.78 is 26.5. The van der Waals surface area contributed by atoms with Gasteiger partial charge in [0.05, 0.1) is 11.9 Å². The van der Waals surface area contributed by atoms with E-state index in [2.05, 4.69) is 5.32 Å². The topological polar surface area (TPSA) is 86.8 Å². The number of nitrogens with zero attached hydrogens (tertiary/aromatic N) is 2. The fraction of sp³-hybridized carbons (Fsp3) is 0.462. The van der Waals surface area contributed by atoms with Gasteiger partial charge in [-0.25, -0.2) is 8.42 Å². The van der Waals surface area contributed by atoms with Crippen LogP contribution >= 0.6 is 11.6 Å². The number of amides is 2. The number of sulfonamides is 1. The smallest absolute Gasteiger partial charge is 0.244 e. The molecule has 0 radical (unpaired) electrons. The third kappa shape index (κ3) is 8.25. The third-order valence-electron chi connectivity index (χ3n) is 5.89. The summed E-state index contributed by atoms with van der Waals surface area (Å²) in [7, 11) is -3.80. The molecule has 0 aliphatic heterocycles. The van der Waals surface area contributed by atoms with Crippen molar-refractivity contribution < 1.29 is 18.0 Å². The van der Waals surface area contributed by atoms with Crippen LogP contribution in [0.3, 0.4) is 0 Å². The molecule has 35 heavy (non-hydrogen) atoms. The molecule has 0 unspecified atom stereocenters. The number of unbranched alkanes of at least 4 members (excludes halogenated alkanes) is 1. The maximum absolute atomic E-state index is 13.6. The van der Waals surface area contributed by atoms with Gasteiger partial charge in [0, 0.05) is 18.1 Å². The molecule has 0 spiro atoms. The minimum Gasteiger partial charge on any atom is -0.354 e. The van der Waals surface area contributed by atoms with Crippen molar-refractivity contribution in [2.24, 2.45) is 0 Å². The van der Waals surface area contributed by atoms with E-state index in [1.54, 1.807) is 25.1 Å². The number of benzene rings is 2. The zero-order valence-electron chi connectivity index (χ0n) is 21.0. The highest BCUT2D eigenvalue weighted by molar-refractivity contribution is 7.92. The van der Waals surface area contributed by atoms with Crippen molar-refractivity contribution >= 4 is 39.1 Å². The maximum atomic E-state index is 13.6. The van der Waals surface area contributed by atoms with Gasteiger partial charge < -0.3 is 10.2 Å². The Morgan fingerprint density at radius 2 is 1.74 bits per heavy atom. The Morgan fingerprint density at radius 3 is 2.34 bits per heavy atom. The van der Waals surface area contributed by atoms with Gasteiger partial charge in [-0.2, -0.15) is 0 Å². The van der Waals surface area contributed by atoms with Crippen LogP contribution in [0.4, 0.5) is 5.69 Å². The van der Waals surface area contributed by atoms with E-state index >= 15 is 0 Å². The summed E-state index contributed by atoms with van der Waals surface area (Å²) in [5, 5.41) is 3.33. The van der Waals surface area contributed by atoms with E-state index in [0.717, 1.165) is 29.0 Å². The Bertz CT molecular complexity index is 1090. The van der Waals surface area contributed by atoms with Gasteiger partial charge in [-0.3, -0.25) is 13.9 Å². The molecule has 0 aliphatic rings. The minimum absolute atomic E-state index is 0.229. The normalized spacial score (nSPS) is 12.1. The predicted octanol–water partition coefficient (Wildman–Crippen LogP) is 4.18. The molecule has 7 nitrogen and oxygen atoms in total. The number of carbonyl (C=O) groups excluding carboxylic acids is 2. The summed E-state index contributed by atoms with van der Waals surface area (Å²) in [4.78, 5) is 28.1. The van der Waals surface area contributed by atoms with Crippen molar-refractivity contribution in [3.05, 3.63) is 64.7 Å². The second-order valence-electron chi connectivity index (χ2n) is 8.54. The maximum Gasteiger partial charge on any atom is 0.244 e. The number of hydrogen-bond acceptors (Lipinski definition) is 4. The van der Waals surface area contributed by atoms with E-state index in [0.29, 0.717) is 35.7 Å². The van der Waals surface area contributed by atoms with Gasteiger partial charge in [0.15, 0.2) is 0 Å². The first-order valence-electron chi connectivity index (χ1n) is 11.9. The van der Waals surface area contributed by atoms with Crippen LogP contribution in [0.25, 0.3) is 0 Å². The van der Waals surface area contributed by atoms with Crippen molar-refractivity contribution in [2.75, 3.05) is 30.2 Å². The molecule has 0 aliphatic carbocycles. The highest BCUT2D eigenvalue weighted by Gasteiger charge is 2.31. The predicted molar refractivity (Wildman–Crippen MR) is 142 cm³/mol. The highest BCUT2D eigenvalue weighted by atomic mass is 35.5. The fourth-order valence-electron chi connectivity index (χ4n) is 3.86. The molecule has 1 atom stereocenters. The lowest BCUT2D eigenvalue weighted by atomic mass is 10.1. The van der Waals surface area contributed by atoms with E-state index in [1.165, 1.54) is 4.90 Å². The first kappa shape index (κ1) is 28.7. The monoisotopic (exact) mass is 521 g/mol. The molecular weight excluding hydrogens is 486 g/mol. The Labute approximate surface area is 214 Å². The quantitative estimate of drug-likeness (QED) is 0.400. The number of hydrogen-bond donors (Lipinski definition) is 1. The zero-order chi connectivity index (χ0) is 26.0. The number of anilines is 1. The van der Waals surface area contributed by atoms with Crippen molar-refractivity contribution in [3.63, 3.8) is 0 Å². The van der Waals surface area contributed by atoms with Gasteiger partial charge in [-0.05, 0) is 49.4 Å². The molecule has 0 fully saturated rings. The summed E-state index contributed by atoms with van der Waals surface area (Å²) in [6, 6.07) is 13.9. The van der Waals surface area contributed by atoms with Crippen LogP contribution in [0.15, 0.2) is 48.5 Å². The van der Waals surface area contributed by atoms with Gasteiger partial charge in [0.2, 0.25) is 21.8 Å². The molecule has 2 rings (SSSR count). The SMILES string of the molecule is CCCCNC(=O)[C@H](CC)N(CCc1ccccc1)C(=O)CN(c1cccc(Cl)c1C)S(C)(=O)=O. The van der Waals surface area contributed by atoms with Crippen molar-refractivity contribution in [3.8, 4) is 0 Å². The van der Waals surface area contributed by atoms with Crippen LogP contribution in [0.1, 0.15) is 44.2 Å². The largest absolute Gasteiger partial charge is 0.354 e.